The predicted molar refractivity (Wildman–Crippen MR) is 170 cm³/mol. The van der Waals surface area contributed by atoms with Crippen molar-refractivity contribution in [1.82, 2.24) is 5.32 Å². The van der Waals surface area contributed by atoms with E-state index in [1.165, 1.54) is 11.8 Å². The van der Waals surface area contributed by atoms with Gasteiger partial charge in [-0.05, 0) is 86.0 Å². The highest BCUT2D eigenvalue weighted by atomic mass is 32.2. The van der Waals surface area contributed by atoms with Crippen molar-refractivity contribution in [2.75, 3.05) is 17.7 Å². The van der Waals surface area contributed by atoms with E-state index in [2.05, 4.69) is 16.0 Å². The third kappa shape index (κ3) is 8.11. The molecule has 0 aliphatic heterocycles. The van der Waals surface area contributed by atoms with Crippen LogP contribution in [0.1, 0.15) is 34.0 Å². The number of para-hydroxylation sites is 1. The monoisotopic (exact) mass is 579 g/mol. The van der Waals surface area contributed by atoms with Crippen molar-refractivity contribution >= 4 is 46.9 Å². The molecule has 3 amide bonds. The lowest BCUT2D eigenvalue weighted by Gasteiger charge is -2.16. The standard InChI is InChI=1S/C34H33N3O4S/c1-22-10-8-11-23(2)31(22)37-32(38)24(3)42-29-15-9-14-27(21-29)35-34(40)30(20-25-16-18-28(41-4)19-17-25)36-33(39)26-12-6-5-7-13-26/h5-21,24H,1-4H3,(H,35,40)(H,36,39)(H,37,38)/b30-20+. The molecule has 0 spiro atoms. The molecule has 0 aliphatic rings. The molecule has 42 heavy (non-hydrogen) atoms. The van der Waals surface area contributed by atoms with Gasteiger partial charge in [0, 0.05) is 21.8 Å². The van der Waals surface area contributed by atoms with Gasteiger partial charge in [0.15, 0.2) is 0 Å². The lowest BCUT2D eigenvalue weighted by molar-refractivity contribution is -0.115. The molecule has 1 atom stereocenters. The molecule has 0 heterocycles. The van der Waals surface area contributed by atoms with Crippen LogP contribution in [0.5, 0.6) is 5.75 Å². The molecule has 0 saturated carbocycles. The molecule has 0 bridgehead atoms. The topological polar surface area (TPSA) is 96.5 Å². The summed E-state index contributed by atoms with van der Waals surface area (Å²) in [6.45, 7) is 5.77. The fourth-order valence-corrected chi connectivity index (χ4v) is 5.08. The molecule has 7 nitrogen and oxygen atoms in total. The van der Waals surface area contributed by atoms with E-state index in [1.54, 1.807) is 73.8 Å². The number of hydrogen-bond donors (Lipinski definition) is 3. The van der Waals surface area contributed by atoms with E-state index < -0.39 is 11.8 Å². The average molecular weight is 580 g/mol. The molecule has 0 aliphatic carbocycles. The maximum Gasteiger partial charge on any atom is 0.272 e. The van der Waals surface area contributed by atoms with Gasteiger partial charge in [0.1, 0.15) is 11.4 Å². The zero-order valence-corrected chi connectivity index (χ0v) is 24.8. The Balaban J connectivity index is 1.49. The van der Waals surface area contributed by atoms with Gasteiger partial charge in [-0.3, -0.25) is 14.4 Å². The van der Waals surface area contributed by atoms with Crippen molar-refractivity contribution in [2.24, 2.45) is 0 Å². The summed E-state index contributed by atoms with van der Waals surface area (Å²) >= 11 is 1.39. The second-order valence-electron chi connectivity index (χ2n) is 9.65. The van der Waals surface area contributed by atoms with Gasteiger partial charge in [0.25, 0.3) is 11.8 Å². The Bertz CT molecular complexity index is 1580. The van der Waals surface area contributed by atoms with Gasteiger partial charge in [-0.2, -0.15) is 0 Å². The van der Waals surface area contributed by atoms with E-state index in [0.717, 1.165) is 21.7 Å². The van der Waals surface area contributed by atoms with Crippen molar-refractivity contribution in [3.8, 4) is 5.75 Å². The quantitative estimate of drug-likeness (QED) is 0.141. The Hall–Kier alpha value is -4.82. The molecule has 0 radical (unpaired) electrons. The Kier molecular flexibility index (Phi) is 10.2. The van der Waals surface area contributed by atoms with Crippen molar-refractivity contribution in [3.05, 3.63) is 125 Å². The SMILES string of the molecule is COc1ccc(/C=C(/NC(=O)c2ccccc2)C(=O)Nc2cccc(SC(C)C(=O)Nc3c(C)cccc3C)c2)cc1. The summed E-state index contributed by atoms with van der Waals surface area (Å²) in [4.78, 5) is 40.1. The number of anilines is 2. The predicted octanol–water partition coefficient (Wildman–Crippen LogP) is 6.84. The van der Waals surface area contributed by atoms with E-state index in [4.69, 9.17) is 4.74 Å². The van der Waals surface area contributed by atoms with Gasteiger partial charge in [-0.1, -0.05) is 54.6 Å². The van der Waals surface area contributed by atoms with Gasteiger partial charge in [0.2, 0.25) is 5.91 Å². The highest BCUT2D eigenvalue weighted by Crippen LogP contribution is 2.28. The first-order valence-electron chi connectivity index (χ1n) is 13.4. The molecule has 0 saturated heterocycles. The van der Waals surface area contributed by atoms with Crippen molar-refractivity contribution in [1.29, 1.82) is 0 Å². The van der Waals surface area contributed by atoms with Gasteiger partial charge in [-0.25, -0.2) is 0 Å². The number of thioether (sulfide) groups is 1. The minimum atomic E-state index is -0.488. The Morgan fingerprint density at radius 1 is 0.810 bits per heavy atom. The number of benzene rings is 4. The van der Waals surface area contributed by atoms with Crippen LogP contribution in [-0.2, 0) is 9.59 Å². The van der Waals surface area contributed by atoms with Gasteiger partial charge in [0.05, 0.1) is 12.4 Å². The molecule has 0 aromatic heterocycles. The van der Waals surface area contributed by atoms with Crippen molar-refractivity contribution in [2.45, 2.75) is 30.9 Å². The third-order valence-corrected chi connectivity index (χ3v) is 7.55. The highest BCUT2D eigenvalue weighted by molar-refractivity contribution is 8.00. The van der Waals surface area contributed by atoms with E-state index >= 15 is 0 Å². The normalized spacial score (nSPS) is 11.8. The molecule has 3 N–H and O–H groups in total. The minimum absolute atomic E-state index is 0.0772. The van der Waals surface area contributed by atoms with Crippen LogP contribution in [-0.4, -0.2) is 30.1 Å². The number of carbonyl (C=O) groups is 3. The smallest absolute Gasteiger partial charge is 0.272 e. The van der Waals surface area contributed by atoms with Gasteiger partial charge < -0.3 is 20.7 Å². The number of hydrogen-bond acceptors (Lipinski definition) is 5. The zero-order chi connectivity index (χ0) is 30.1. The van der Waals surface area contributed by atoms with Crippen LogP contribution in [0.3, 0.4) is 0 Å². The number of carbonyl (C=O) groups excluding carboxylic acids is 3. The first-order chi connectivity index (χ1) is 20.2. The Morgan fingerprint density at radius 3 is 2.14 bits per heavy atom. The summed E-state index contributed by atoms with van der Waals surface area (Å²) in [5.41, 5.74) is 4.58. The van der Waals surface area contributed by atoms with Gasteiger partial charge in [-0.15, -0.1) is 11.8 Å². The second-order valence-corrected chi connectivity index (χ2v) is 11.1. The largest absolute Gasteiger partial charge is 0.497 e. The Labute approximate surface area is 250 Å². The number of nitrogens with one attached hydrogen (secondary N) is 3. The van der Waals surface area contributed by atoms with Crippen LogP contribution in [0.2, 0.25) is 0 Å². The van der Waals surface area contributed by atoms with Crippen LogP contribution in [0.25, 0.3) is 6.08 Å². The summed E-state index contributed by atoms with van der Waals surface area (Å²) in [7, 11) is 1.58. The molecular formula is C34H33N3O4S. The van der Waals surface area contributed by atoms with Crippen molar-refractivity contribution in [3.63, 3.8) is 0 Å². The molecule has 214 valence electrons. The molecule has 8 heteroatoms. The highest BCUT2D eigenvalue weighted by Gasteiger charge is 2.18. The number of methoxy groups -OCH3 is 1. The zero-order valence-electron chi connectivity index (χ0n) is 23.9. The minimum Gasteiger partial charge on any atom is -0.497 e. The van der Waals surface area contributed by atoms with E-state index in [0.29, 0.717) is 22.6 Å². The molecule has 4 aromatic rings. The van der Waals surface area contributed by atoms with Crippen molar-refractivity contribution < 1.29 is 19.1 Å². The molecule has 1 unspecified atom stereocenters. The van der Waals surface area contributed by atoms with Crippen LogP contribution in [0.15, 0.2) is 108 Å². The maximum absolute atomic E-state index is 13.4. The van der Waals surface area contributed by atoms with E-state index in [9.17, 15) is 14.4 Å². The Morgan fingerprint density at radius 2 is 1.48 bits per heavy atom. The molecular weight excluding hydrogens is 546 g/mol. The molecule has 4 aromatic carbocycles. The summed E-state index contributed by atoms with van der Waals surface area (Å²) < 4.78 is 5.22. The van der Waals surface area contributed by atoms with Crippen LogP contribution < -0.4 is 20.7 Å². The number of ether oxygens (including phenoxy) is 1. The average Bonchev–Trinajstić information content (AvgIpc) is 2.99. The summed E-state index contributed by atoms with van der Waals surface area (Å²) in [5.74, 6) is -0.325. The van der Waals surface area contributed by atoms with Crippen LogP contribution in [0.4, 0.5) is 11.4 Å². The second kappa shape index (κ2) is 14.2. The van der Waals surface area contributed by atoms with Crippen LogP contribution in [0, 0.1) is 13.8 Å². The molecule has 4 rings (SSSR count). The lowest BCUT2D eigenvalue weighted by Crippen LogP contribution is -2.30. The van der Waals surface area contributed by atoms with E-state index in [-0.39, 0.29) is 16.9 Å². The first kappa shape index (κ1) is 30.1. The lowest BCUT2D eigenvalue weighted by atomic mass is 10.1. The molecule has 0 fully saturated rings. The first-order valence-corrected chi connectivity index (χ1v) is 14.3. The number of rotatable bonds is 10. The maximum atomic E-state index is 13.4. The fraction of sp³-hybridized carbons (Fsp3) is 0.147. The summed E-state index contributed by atoms with van der Waals surface area (Å²) in [5, 5.41) is 8.28. The summed E-state index contributed by atoms with van der Waals surface area (Å²) in [6.07, 6.45) is 1.61. The number of amides is 3. The third-order valence-electron chi connectivity index (χ3n) is 6.46. The summed E-state index contributed by atoms with van der Waals surface area (Å²) in [6, 6.07) is 29.0. The van der Waals surface area contributed by atoms with E-state index in [1.807, 2.05) is 57.2 Å². The number of aryl methyl sites for hydroxylation is 2. The van der Waals surface area contributed by atoms with Gasteiger partial charge >= 0.3 is 0 Å². The fourth-order valence-electron chi connectivity index (χ4n) is 4.15. The van der Waals surface area contributed by atoms with Crippen LogP contribution >= 0.6 is 11.8 Å².